The number of Topliss-reactive ketones (excluding diaryl/α,β-unsaturated/α-hetero) is 1. The van der Waals surface area contributed by atoms with Gasteiger partial charge in [-0.15, -0.1) is 0 Å². The van der Waals surface area contributed by atoms with Crippen LogP contribution in [0, 0.1) is 5.82 Å². The van der Waals surface area contributed by atoms with E-state index < -0.39 is 18.7 Å². The molecule has 4 aromatic rings. The van der Waals surface area contributed by atoms with Gasteiger partial charge in [0.15, 0.2) is 24.2 Å². The maximum atomic E-state index is 13.2. The van der Waals surface area contributed by atoms with Crippen LogP contribution in [0.3, 0.4) is 0 Å². The maximum absolute atomic E-state index is 13.2. The summed E-state index contributed by atoms with van der Waals surface area (Å²) in [7, 11) is 0. The normalized spacial score (nSPS) is 12.4. The van der Waals surface area contributed by atoms with Crippen molar-refractivity contribution in [3.8, 4) is 16.9 Å². The van der Waals surface area contributed by atoms with E-state index in [0.29, 0.717) is 11.3 Å². The molecule has 0 radical (unpaired) electrons. The topological polar surface area (TPSA) is 119 Å². The van der Waals surface area contributed by atoms with Crippen LogP contribution in [-0.4, -0.2) is 35.4 Å². The second-order valence-electron chi connectivity index (χ2n) is 9.54. The number of hydrogen-bond donors (Lipinski definition) is 3. The molecule has 4 rings (SSSR count). The molecular formula is C31H27F4N5O3. The molecule has 0 saturated heterocycles. The molecule has 222 valence electrons. The molecule has 12 heteroatoms. The van der Waals surface area contributed by atoms with Gasteiger partial charge in [-0.05, 0) is 79.6 Å². The van der Waals surface area contributed by atoms with Gasteiger partial charge in [0, 0.05) is 23.0 Å². The third kappa shape index (κ3) is 8.62. The maximum Gasteiger partial charge on any atom is 0.422 e. The molecule has 1 amide bonds. The zero-order chi connectivity index (χ0) is 31.1. The molecule has 0 unspecified atom stereocenters. The summed E-state index contributed by atoms with van der Waals surface area (Å²) < 4.78 is 56.2. The number of ether oxygens (including phenoxy) is 1. The van der Waals surface area contributed by atoms with Crippen LogP contribution in [0.2, 0.25) is 0 Å². The molecule has 0 bridgehead atoms. The highest BCUT2D eigenvalue weighted by molar-refractivity contribution is 5.98. The molecule has 3 aromatic carbocycles. The molecule has 0 aliphatic heterocycles. The van der Waals surface area contributed by atoms with Gasteiger partial charge in [-0.2, -0.15) is 18.2 Å². The lowest BCUT2D eigenvalue weighted by molar-refractivity contribution is -0.153. The van der Waals surface area contributed by atoms with Gasteiger partial charge in [0.2, 0.25) is 5.91 Å². The molecule has 0 aliphatic rings. The summed E-state index contributed by atoms with van der Waals surface area (Å²) in [5.41, 5.74) is 9.08. The Labute approximate surface area is 244 Å². The van der Waals surface area contributed by atoms with Crippen LogP contribution < -0.4 is 21.1 Å². The van der Waals surface area contributed by atoms with Crippen LogP contribution >= 0.6 is 0 Å². The van der Waals surface area contributed by atoms with E-state index in [2.05, 4.69) is 20.6 Å². The zero-order valence-corrected chi connectivity index (χ0v) is 23.1. The molecule has 1 heterocycles. The monoisotopic (exact) mass is 593 g/mol. The largest absolute Gasteiger partial charge is 0.482 e. The fourth-order valence-corrected chi connectivity index (χ4v) is 3.94. The number of guanidine groups is 1. The highest BCUT2D eigenvalue weighted by Crippen LogP contribution is 2.29. The first kappa shape index (κ1) is 30.7. The van der Waals surface area contributed by atoms with Crippen LogP contribution in [0.4, 0.5) is 34.8 Å². The fraction of sp³-hybridized carbons (Fsp3) is 0.161. The van der Waals surface area contributed by atoms with Crippen molar-refractivity contribution in [1.29, 1.82) is 0 Å². The Balaban J connectivity index is 1.41. The van der Waals surface area contributed by atoms with Crippen molar-refractivity contribution in [2.45, 2.75) is 25.9 Å². The van der Waals surface area contributed by atoms with Crippen LogP contribution in [0.15, 0.2) is 90.1 Å². The number of aliphatic imine (C=N–C) groups is 1. The molecule has 8 nitrogen and oxygen atoms in total. The van der Waals surface area contributed by atoms with Crippen molar-refractivity contribution in [3.63, 3.8) is 0 Å². The Morgan fingerprint density at radius 2 is 1.63 bits per heavy atom. The number of rotatable bonds is 9. The van der Waals surface area contributed by atoms with Gasteiger partial charge in [0.25, 0.3) is 0 Å². The predicted octanol–water partition coefficient (Wildman–Crippen LogP) is 6.83. The van der Waals surface area contributed by atoms with E-state index in [1.807, 2.05) is 0 Å². The van der Waals surface area contributed by atoms with Crippen molar-refractivity contribution < 1.29 is 31.9 Å². The summed E-state index contributed by atoms with van der Waals surface area (Å²) in [4.78, 5) is 32.7. The molecule has 1 atom stereocenters. The van der Waals surface area contributed by atoms with Crippen LogP contribution in [-0.2, 0) is 4.79 Å². The van der Waals surface area contributed by atoms with Crippen molar-refractivity contribution in [2.75, 3.05) is 17.2 Å². The molecule has 43 heavy (non-hydrogen) atoms. The predicted molar refractivity (Wildman–Crippen MR) is 156 cm³/mol. The fourth-order valence-electron chi connectivity index (χ4n) is 3.94. The number of amides is 1. The van der Waals surface area contributed by atoms with E-state index in [4.69, 9.17) is 10.5 Å². The van der Waals surface area contributed by atoms with E-state index in [0.717, 1.165) is 11.1 Å². The third-order valence-corrected chi connectivity index (χ3v) is 6.27. The number of halogens is 4. The highest BCUT2D eigenvalue weighted by atomic mass is 19.4. The number of ketones is 1. The first-order valence-electron chi connectivity index (χ1n) is 13.0. The second kappa shape index (κ2) is 13.1. The lowest BCUT2D eigenvalue weighted by Gasteiger charge is -2.15. The molecule has 4 N–H and O–H groups in total. The minimum absolute atomic E-state index is 0.0892. The zero-order valence-electron chi connectivity index (χ0n) is 23.1. The van der Waals surface area contributed by atoms with Gasteiger partial charge >= 0.3 is 6.18 Å². The van der Waals surface area contributed by atoms with E-state index in [9.17, 15) is 27.2 Å². The van der Waals surface area contributed by atoms with E-state index in [-0.39, 0.29) is 46.3 Å². The lowest BCUT2D eigenvalue weighted by Crippen LogP contribution is -2.24. The minimum Gasteiger partial charge on any atom is -0.482 e. The Morgan fingerprint density at radius 1 is 0.953 bits per heavy atom. The van der Waals surface area contributed by atoms with Crippen molar-refractivity contribution in [1.82, 2.24) is 4.98 Å². The van der Waals surface area contributed by atoms with Gasteiger partial charge < -0.3 is 21.1 Å². The second-order valence-corrected chi connectivity index (χ2v) is 9.54. The molecule has 1 aromatic heterocycles. The summed E-state index contributed by atoms with van der Waals surface area (Å²) in [5, 5.41) is 5.53. The number of alkyl halides is 3. The van der Waals surface area contributed by atoms with Gasteiger partial charge in [-0.25, -0.2) is 9.37 Å². The number of nitrogens with zero attached hydrogens (tertiary/aromatic N) is 2. The van der Waals surface area contributed by atoms with E-state index >= 15 is 0 Å². The van der Waals surface area contributed by atoms with Crippen LogP contribution in [0.25, 0.3) is 11.1 Å². The van der Waals surface area contributed by atoms with E-state index in [1.165, 1.54) is 37.3 Å². The number of aromatic nitrogens is 1. The Bertz CT molecular complexity index is 1620. The molecule has 0 fully saturated rings. The van der Waals surface area contributed by atoms with Gasteiger partial charge in [-0.1, -0.05) is 24.3 Å². The number of carbonyl (C=O) groups is 2. The standard InChI is InChI=1S/C31H27F4N5O3/c1-18(20-3-9-24(32)10-4-20)29(42)38-25-11-5-21(6-12-25)23-8-14-28(37-16-23)40-30(36)39-26-13-7-22(19(2)41)15-27(26)43-17-31(33,34)35/h3-16,18H,17H2,1-2H3,(H,38,42)(H3,36,37,39,40)/t18-/m1/s1. The smallest absolute Gasteiger partial charge is 0.422 e. The number of anilines is 2. The average molecular weight is 594 g/mol. The number of pyridine rings is 1. The summed E-state index contributed by atoms with van der Waals surface area (Å²) >= 11 is 0. The third-order valence-electron chi connectivity index (χ3n) is 6.27. The number of nitrogens with one attached hydrogen (secondary N) is 2. The Morgan fingerprint density at radius 3 is 2.23 bits per heavy atom. The average Bonchev–Trinajstić information content (AvgIpc) is 2.97. The lowest BCUT2D eigenvalue weighted by atomic mass is 10.00. The van der Waals surface area contributed by atoms with Crippen molar-refractivity contribution in [2.24, 2.45) is 10.7 Å². The molecule has 0 spiro atoms. The van der Waals surface area contributed by atoms with Crippen molar-refractivity contribution >= 4 is 34.8 Å². The van der Waals surface area contributed by atoms with Gasteiger partial charge in [0.1, 0.15) is 11.6 Å². The van der Waals surface area contributed by atoms with Gasteiger partial charge in [-0.3, -0.25) is 9.59 Å². The summed E-state index contributed by atoms with van der Waals surface area (Å²) in [5.74, 6) is -1.57. The molecule has 0 saturated carbocycles. The summed E-state index contributed by atoms with van der Waals surface area (Å²) in [6, 6.07) is 20.2. The minimum atomic E-state index is -4.58. The van der Waals surface area contributed by atoms with Crippen LogP contribution in [0.1, 0.15) is 35.7 Å². The molecular weight excluding hydrogens is 566 g/mol. The first-order valence-corrected chi connectivity index (χ1v) is 13.0. The highest BCUT2D eigenvalue weighted by Gasteiger charge is 2.29. The van der Waals surface area contributed by atoms with Crippen molar-refractivity contribution in [3.05, 3.63) is 102 Å². The number of benzene rings is 3. The number of nitrogens with two attached hydrogens (primary N) is 1. The molecule has 0 aliphatic carbocycles. The SMILES string of the molecule is CC(=O)c1ccc(NC(N)=Nc2ccc(-c3ccc(NC(=O)[C@H](C)c4ccc(F)cc4)cc3)cn2)c(OCC(F)(F)F)c1. The summed E-state index contributed by atoms with van der Waals surface area (Å²) in [6.45, 7) is 1.47. The first-order chi connectivity index (χ1) is 20.4. The van der Waals surface area contributed by atoms with E-state index in [1.54, 1.807) is 61.7 Å². The Hall–Kier alpha value is -5.26. The van der Waals surface area contributed by atoms with Crippen LogP contribution in [0.5, 0.6) is 5.75 Å². The quantitative estimate of drug-likeness (QED) is 0.0847. The Kier molecular flexibility index (Phi) is 9.39. The number of hydrogen-bond acceptors (Lipinski definition) is 5. The summed E-state index contributed by atoms with van der Waals surface area (Å²) in [6.07, 6.45) is -3.01. The van der Waals surface area contributed by atoms with Gasteiger partial charge in [0.05, 0.1) is 11.6 Å². The number of carbonyl (C=O) groups excluding carboxylic acids is 2.